The zero-order valence-corrected chi connectivity index (χ0v) is 40.2. The van der Waals surface area contributed by atoms with Crippen LogP contribution in [0.1, 0.15) is 212 Å². The average molecular weight is 797 g/mol. The maximum atomic E-state index is 12.4. The van der Waals surface area contributed by atoms with Crippen molar-refractivity contribution in [1.82, 2.24) is 0 Å². The van der Waals surface area contributed by atoms with Crippen LogP contribution < -0.4 is 0 Å². The highest BCUT2D eigenvalue weighted by Crippen LogP contribution is 2.69. The number of carbonyl (C=O) groups excluding carboxylic acids is 2. The van der Waals surface area contributed by atoms with E-state index in [1.54, 1.807) is 0 Å². The SMILES string of the molecule is CC(C)CCC[C@@H](C)[C@H]1CC[C@H]2[C@@H]3CCC4=CC(=O)C(C)C[C@]4(C)[C@H]3CC[C@]12C.CC(C)CCC[C@@H](C)[C@H]1CC[C@H]2[C@@H]3CCC4=CC(=O)C(C)C[C@]4(C)[C@H]3CC[C@]12C. The summed E-state index contributed by atoms with van der Waals surface area (Å²) in [7, 11) is 0. The molecule has 2 unspecified atom stereocenters. The van der Waals surface area contributed by atoms with Gasteiger partial charge in [-0.3, -0.25) is 9.59 Å². The minimum absolute atomic E-state index is 0.230. The smallest absolute Gasteiger partial charge is 0.158 e. The van der Waals surface area contributed by atoms with Crippen LogP contribution in [0, 0.1) is 105 Å². The third-order valence-electron chi connectivity index (χ3n) is 20.9. The summed E-state index contributed by atoms with van der Waals surface area (Å²) in [5, 5.41) is 0. The van der Waals surface area contributed by atoms with Gasteiger partial charge < -0.3 is 0 Å². The molecular formula is C56H92O2. The summed E-state index contributed by atoms with van der Waals surface area (Å²) in [6.07, 6.45) is 31.5. The van der Waals surface area contributed by atoms with Crippen molar-refractivity contribution in [1.29, 1.82) is 0 Å². The van der Waals surface area contributed by atoms with Gasteiger partial charge in [0.05, 0.1) is 0 Å². The Morgan fingerprint density at radius 3 is 1.26 bits per heavy atom. The third-order valence-corrected chi connectivity index (χ3v) is 20.9. The predicted molar refractivity (Wildman–Crippen MR) is 245 cm³/mol. The van der Waals surface area contributed by atoms with Crippen molar-refractivity contribution in [3.05, 3.63) is 23.3 Å². The van der Waals surface area contributed by atoms with Gasteiger partial charge in [0.2, 0.25) is 0 Å². The van der Waals surface area contributed by atoms with E-state index in [9.17, 15) is 9.59 Å². The highest BCUT2D eigenvalue weighted by atomic mass is 16.1. The molecule has 0 heterocycles. The molecule has 8 rings (SSSR count). The largest absolute Gasteiger partial charge is 0.295 e. The van der Waals surface area contributed by atoms with Crippen molar-refractivity contribution in [2.24, 2.45) is 105 Å². The molecule has 0 spiro atoms. The van der Waals surface area contributed by atoms with E-state index in [0.29, 0.717) is 33.2 Å². The highest BCUT2D eigenvalue weighted by molar-refractivity contribution is 5.94. The van der Waals surface area contributed by atoms with Gasteiger partial charge in [-0.1, -0.05) is 133 Å². The Hall–Kier alpha value is -1.18. The van der Waals surface area contributed by atoms with Gasteiger partial charge in [-0.05, 0) is 195 Å². The van der Waals surface area contributed by atoms with E-state index in [1.165, 1.54) is 127 Å². The van der Waals surface area contributed by atoms with E-state index in [1.807, 2.05) is 0 Å². The van der Waals surface area contributed by atoms with Gasteiger partial charge in [0, 0.05) is 11.8 Å². The van der Waals surface area contributed by atoms with Crippen molar-refractivity contribution < 1.29 is 9.59 Å². The second-order valence-corrected chi connectivity index (χ2v) is 25.1. The average Bonchev–Trinajstić information content (AvgIpc) is 3.70. The topological polar surface area (TPSA) is 34.1 Å². The van der Waals surface area contributed by atoms with Gasteiger partial charge in [0.25, 0.3) is 0 Å². The fraction of sp³-hybridized carbons (Fsp3) is 0.893. The molecule has 8 aliphatic rings. The molecule has 0 aliphatic heterocycles. The molecule has 0 N–H and O–H groups in total. The number of rotatable bonds is 10. The van der Waals surface area contributed by atoms with Gasteiger partial charge >= 0.3 is 0 Å². The minimum atomic E-state index is 0.230. The third kappa shape index (κ3) is 8.01. The molecule has 6 saturated carbocycles. The molecule has 0 aromatic heterocycles. The first-order valence-corrected chi connectivity index (χ1v) is 25.8. The molecular weight excluding hydrogens is 705 g/mol. The Kier molecular flexibility index (Phi) is 13.3. The minimum Gasteiger partial charge on any atom is -0.295 e. The number of allylic oxidation sites excluding steroid dienone is 2. The zero-order valence-electron chi connectivity index (χ0n) is 40.2. The van der Waals surface area contributed by atoms with Gasteiger partial charge in [0.1, 0.15) is 0 Å². The predicted octanol–water partition coefficient (Wildman–Crippen LogP) is 15.7. The summed E-state index contributed by atoms with van der Waals surface area (Å²) < 4.78 is 0. The number of carbonyl (C=O) groups is 2. The van der Waals surface area contributed by atoms with Crippen molar-refractivity contribution >= 4 is 11.6 Å². The molecule has 8 aliphatic carbocycles. The first-order valence-electron chi connectivity index (χ1n) is 25.8. The summed E-state index contributed by atoms with van der Waals surface area (Å²) in [5.41, 5.74) is 4.79. The molecule has 6 fully saturated rings. The summed E-state index contributed by atoms with van der Waals surface area (Å²) >= 11 is 0. The standard InChI is InChI=1S/2C28H46O/c2*1-18(2)8-7-9-19(3)23-12-13-24-22-11-10-21-16-26(29)20(4)17-28(21,6)25(22)14-15-27(23,24)5/h2*16,18-20,22-25H,7-15,17H2,1-6H3/t2*19-,20?,22+,23-,24+,25+,27-,28+/m11/s1. The Bertz CT molecular complexity index is 1430. The van der Waals surface area contributed by atoms with Gasteiger partial charge in [0.15, 0.2) is 11.6 Å². The molecule has 0 saturated heterocycles. The van der Waals surface area contributed by atoms with E-state index in [-0.39, 0.29) is 11.8 Å². The van der Waals surface area contributed by atoms with Gasteiger partial charge in [-0.25, -0.2) is 0 Å². The van der Waals surface area contributed by atoms with Crippen LogP contribution in [0.15, 0.2) is 23.3 Å². The molecule has 2 nitrogen and oxygen atoms in total. The normalized spacial score (nSPS) is 45.4. The maximum Gasteiger partial charge on any atom is 0.158 e. The zero-order chi connectivity index (χ0) is 41.9. The van der Waals surface area contributed by atoms with Gasteiger partial charge in [-0.2, -0.15) is 0 Å². The summed E-state index contributed by atoms with van der Waals surface area (Å²) in [6.45, 7) is 29.4. The lowest BCUT2D eigenvalue weighted by atomic mass is 9.46. The number of ketones is 2. The Morgan fingerprint density at radius 2 is 0.897 bits per heavy atom. The van der Waals surface area contributed by atoms with Crippen LogP contribution in [0.25, 0.3) is 0 Å². The second-order valence-electron chi connectivity index (χ2n) is 25.1. The Balaban J connectivity index is 0.000000177. The monoisotopic (exact) mass is 797 g/mol. The summed E-state index contributed by atoms with van der Waals surface area (Å²) in [6, 6.07) is 0. The van der Waals surface area contributed by atoms with Crippen LogP contribution in [0.5, 0.6) is 0 Å². The summed E-state index contributed by atoms with van der Waals surface area (Å²) in [4.78, 5) is 24.7. The van der Waals surface area contributed by atoms with Crippen LogP contribution in [-0.4, -0.2) is 11.6 Å². The van der Waals surface area contributed by atoms with E-state index in [0.717, 1.165) is 83.9 Å². The van der Waals surface area contributed by atoms with Crippen LogP contribution >= 0.6 is 0 Å². The van der Waals surface area contributed by atoms with Crippen LogP contribution in [0.3, 0.4) is 0 Å². The van der Waals surface area contributed by atoms with E-state index >= 15 is 0 Å². The van der Waals surface area contributed by atoms with Crippen molar-refractivity contribution in [3.63, 3.8) is 0 Å². The van der Waals surface area contributed by atoms with E-state index in [4.69, 9.17) is 0 Å². The number of fused-ring (bicyclic) bond motifs is 10. The number of hydrogen-bond acceptors (Lipinski definition) is 2. The van der Waals surface area contributed by atoms with E-state index < -0.39 is 0 Å². The fourth-order valence-corrected chi connectivity index (χ4v) is 17.8. The first kappa shape index (κ1) is 44.9. The molecule has 0 bridgehead atoms. The maximum absolute atomic E-state index is 12.4. The molecule has 2 heteroatoms. The van der Waals surface area contributed by atoms with Crippen molar-refractivity contribution in [3.8, 4) is 0 Å². The van der Waals surface area contributed by atoms with E-state index in [2.05, 4.69) is 95.2 Å². The Labute approximate surface area is 359 Å². The molecule has 0 aromatic carbocycles. The second kappa shape index (κ2) is 17.2. The summed E-state index contributed by atoms with van der Waals surface area (Å²) in [5.74, 6) is 11.9. The highest BCUT2D eigenvalue weighted by Gasteiger charge is 2.61. The van der Waals surface area contributed by atoms with Crippen LogP contribution in [0.2, 0.25) is 0 Å². The number of hydrogen-bond donors (Lipinski definition) is 0. The Morgan fingerprint density at radius 1 is 0.517 bits per heavy atom. The van der Waals surface area contributed by atoms with Gasteiger partial charge in [-0.15, -0.1) is 0 Å². The first-order chi connectivity index (χ1) is 27.3. The molecule has 0 aromatic rings. The molecule has 0 radical (unpaired) electrons. The quantitative estimate of drug-likeness (QED) is 0.221. The lowest BCUT2D eigenvalue weighted by Gasteiger charge is -2.59. The molecule has 58 heavy (non-hydrogen) atoms. The molecule has 0 amide bonds. The lowest BCUT2D eigenvalue weighted by Crippen LogP contribution is -2.51. The molecule has 16 atom stereocenters. The fourth-order valence-electron chi connectivity index (χ4n) is 17.8. The van der Waals surface area contributed by atoms with Crippen LogP contribution in [0.4, 0.5) is 0 Å². The van der Waals surface area contributed by atoms with Crippen molar-refractivity contribution in [2.45, 2.75) is 212 Å². The van der Waals surface area contributed by atoms with Crippen molar-refractivity contribution in [2.75, 3.05) is 0 Å². The lowest BCUT2D eigenvalue weighted by molar-refractivity contribution is -0.122. The molecule has 328 valence electrons. The van der Waals surface area contributed by atoms with Crippen LogP contribution in [-0.2, 0) is 9.59 Å².